The molecule has 0 fully saturated rings. The molecular formula is C10H7BrFN3O2S. The van der Waals surface area contributed by atoms with Crippen molar-refractivity contribution < 1.29 is 9.31 Å². The highest BCUT2D eigenvalue weighted by Gasteiger charge is 2.17. The Kier molecular flexibility index (Phi) is 3.87. The van der Waals surface area contributed by atoms with E-state index in [-0.39, 0.29) is 15.8 Å². The van der Waals surface area contributed by atoms with Gasteiger partial charge in [0.15, 0.2) is 0 Å². The van der Waals surface area contributed by atoms with E-state index in [9.17, 15) is 14.5 Å². The molecule has 1 heterocycles. The maximum Gasteiger partial charge on any atom is 0.293 e. The van der Waals surface area contributed by atoms with Crippen molar-refractivity contribution in [2.24, 2.45) is 0 Å². The molecule has 0 amide bonds. The second-order valence-corrected chi connectivity index (χ2v) is 4.95. The summed E-state index contributed by atoms with van der Waals surface area (Å²) in [6.07, 6.45) is 0. The van der Waals surface area contributed by atoms with E-state index in [1.54, 1.807) is 5.51 Å². The summed E-state index contributed by atoms with van der Waals surface area (Å²) in [7, 11) is 0. The van der Waals surface area contributed by atoms with Crippen molar-refractivity contribution in [3.8, 4) is 0 Å². The summed E-state index contributed by atoms with van der Waals surface area (Å²) >= 11 is 4.34. The zero-order valence-corrected chi connectivity index (χ0v) is 11.3. The number of nitro benzene ring substituents is 1. The predicted molar refractivity (Wildman–Crippen MR) is 70.2 cm³/mol. The molecule has 0 atom stereocenters. The van der Waals surface area contributed by atoms with Gasteiger partial charge in [0.1, 0.15) is 11.5 Å². The lowest BCUT2D eigenvalue weighted by Crippen LogP contribution is -2.03. The molecule has 8 heteroatoms. The lowest BCUT2D eigenvalue weighted by atomic mass is 10.2. The van der Waals surface area contributed by atoms with Crippen molar-refractivity contribution >= 4 is 38.6 Å². The Morgan fingerprint density at radius 1 is 1.56 bits per heavy atom. The molecule has 2 aromatic rings. The fraction of sp³-hybridized carbons (Fsp3) is 0.100. The first-order valence-corrected chi connectivity index (χ1v) is 6.56. The minimum absolute atomic E-state index is 0.0633. The van der Waals surface area contributed by atoms with Crippen LogP contribution in [0.3, 0.4) is 0 Å². The molecule has 0 aliphatic carbocycles. The Bertz CT molecular complexity index is 577. The minimum atomic E-state index is -0.562. The number of benzene rings is 1. The first-order chi connectivity index (χ1) is 8.58. The van der Waals surface area contributed by atoms with Crippen LogP contribution in [0, 0.1) is 15.9 Å². The van der Waals surface area contributed by atoms with Gasteiger partial charge in [-0.25, -0.2) is 9.37 Å². The van der Waals surface area contributed by atoms with E-state index < -0.39 is 10.7 Å². The number of aromatic nitrogens is 1. The van der Waals surface area contributed by atoms with Gasteiger partial charge in [-0.15, -0.1) is 11.3 Å². The molecule has 0 unspecified atom stereocenters. The van der Waals surface area contributed by atoms with E-state index in [0.717, 1.165) is 17.8 Å². The number of hydrogen-bond donors (Lipinski definition) is 1. The predicted octanol–water partition coefficient (Wildman–Crippen LogP) is 3.57. The number of nitrogens with one attached hydrogen (secondary N) is 1. The van der Waals surface area contributed by atoms with E-state index in [0.29, 0.717) is 6.54 Å². The number of hydrogen-bond acceptors (Lipinski definition) is 5. The molecule has 0 radical (unpaired) electrons. The first-order valence-electron chi connectivity index (χ1n) is 4.82. The van der Waals surface area contributed by atoms with Crippen LogP contribution in [0.2, 0.25) is 0 Å². The molecule has 1 aromatic heterocycles. The third kappa shape index (κ3) is 2.82. The second kappa shape index (κ2) is 5.40. The van der Waals surface area contributed by atoms with E-state index >= 15 is 0 Å². The summed E-state index contributed by atoms with van der Waals surface area (Å²) in [4.78, 5) is 14.3. The van der Waals surface area contributed by atoms with Crippen molar-refractivity contribution in [3.05, 3.63) is 49.1 Å². The monoisotopic (exact) mass is 331 g/mol. The standard InChI is InChI=1S/C10H7BrFN3O2S/c11-7-1-10(15(16)17)9(2-8(7)12)13-3-6-4-18-5-14-6/h1-2,4-5,13H,3H2. The van der Waals surface area contributed by atoms with Gasteiger partial charge in [0.05, 0.1) is 27.1 Å². The van der Waals surface area contributed by atoms with Crippen LogP contribution in [0.4, 0.5) is 15.8 Å². The molecule has 0 spiro atoms. The van der Waals surface area contributed by atoms with Crippen LogP contribution in [-0.4, -0.2) is 9.91 Å². The van der Waals surface area contributed by atoms with Crippen LogP contribution in [0.1, 0.15) is 5.69 Å². The van der Waals surface area contributed by atoms with Gasteiger partial charge >= 0.3 is 0 Å². The third-order valence-corrected chi connectivity index (χ3v) is 3.42. The lowest BCUT2D eigenvalue weighted by Gasteiger charge is -2.06. The molecule has 94 valence electrons. The number of nitro groups is 1. The molecule has 1 aromatic carbocycles. The minimum Gasteiger partial charge on any atom is -0.374 e. The van der Waals surface area contributed by atoms with Gasteiger partial charge in [0.25, 0.3) is 5.69 Å². The Balaban J connectivity index is 2.25. The molecule has 2 rings (SSSR count). The van der Waals surface area contributed by atoms with Crippen molar-refractivity contribution in [2.45, 2.75) is 6.54 Å². The first kappa shape index (κ1) is 12.9. The number of thiazole rings is 1. The molecule has 0 aliphatic rings. The van der Waals surface area contributed by atoms with Crippen molar-refractivity contribution in [1.82, 2.24) is 4.98 Å². The van der Waals surface area contributed by atoms with Crippen LogP contribution in [0.25, 0.3) is 0 Å². The molecule has 0 bridgehead atoms. The van der Waals surface area contributed by atoms with Gasteiger partial charge in [0.2, 0.25) is 0 Å². The van der Waals surface area contributed by atoms with E-state index in [1.165, 1.54) is 11.3 Å². The maximum absolute atomic E-state index is 13.4. The van der Waals surface area contributed by atoms with Gasteiger partial charge in [-0.05, 0) is 15.9 Å². The van der Waals surface area contributed by atoms with Gasteiger partial charge in [-0.3, -0.25) is 10.1 Å². The number of anilines is 1. The fourth-order valence-corrected chi connectivity index (χ4v) is 2.23. The number of rotatable bonds is 4. The molecule has 5 nitrogen and oxygen atoms in total. The van der Waals surface area contributed by atoms with Crippen LogP contribution in [0.5, 0.6) is 0 Å². The summed E-state index contributed by atoms with van der Waals surface area (Å²) in [6, 6.07) is 2.23. The van der Waals surface area contributed by atoms with E-state index in [2.05, 4.69) is 26.2 Å². The number of halogens is 2. The zero-order valence-electron chi connectivity index (χ0n) is 8.89. The highest BCUT2D eigenvalue weighted by Crippen LogP contribution is 2.30. The van der Waals surface area contributed by atoms with Gasteiger partial charge in [0, 0.05) is 17.5 Å². The fourth-order valence-electron chi connectivity index (χ4n) is 1.34. The molecule has 0 aliphatic heterocycles. The average molecular weight is 332 g/mol. The van der Waals surface area contributed by atoms with Crippen molar-refractivity contribution in [3.63, 3.8) is 0 Å². The molecule has 0 saturated heterocycles. The average Bonchev–Trinajstić information content (AvgIpc) is 2.83. The number of nitrogens with zero attached hydrogens (tertiary/aromatic N) is 2. The normalized spacial score (nSPS) is 10.3. The van der Waals surface area contributed by atoms with Crippen molar-refractivity contribution in [2.75, 3.05) is 5.32 Å². The highest BCUT2D eigenvalue weighted by molar-refractivity contribution is 9.10. The topological polar surface area (TPSA) is 68.1 Å². The molecule has 0 saturated carbocycles. The zero-order chi connectivity index (χ0) is 13.1. The summed E-state index contributed by atoms with van der Waals surface area (Å²) in [5.74, 6) is -0.554. The van der Waals surface area contributed by atoms with Gasteiger partial charge < -0.3 is 5.32 Å². The highest BCUT2D eigenvalue weighted by atomic mass is 79.9. The quantitative estimate of drug-likeness (QED) is 0.687. The Morgan fingerprint density at radius 2 is 2.33 bits per heavy atom. The van der Waals surface area contributed by atoms with Gasteiger partial charge in [-0.2, -0.15) is 0 Å². The van der Waals surface area contributed by atoms with Crippen molar-refractivity contribution in [1.29, 1.82) is 0 Å². The van der Waals surface area contributed by atoms with Crippen LogP contribution >= 0.6 is 27.3 Å². The summed E-state index contributed by atoms with van der Waals surface area (Å²) < 4.78 is 13.4. The van der Waals surface area contributed by atoms with Crippen LogP contribution in [-0.2, 0) is 6.54 Å². The summed E-state index contributed by atoms with van der Waals surface area (Å²) in [5, 5.41) is 15.5. The maximum atomic E-state index is 13.4. The molecular weight excluding hydrogens is 325 g/mol. The van der Waals surface area contributed by atoms with Crippen LogP contribution in [0.15, 0.2) is 27.5 Å². The molecule has 18 heavy (non-hydrogen) atoms. The Labute approximate surface area is 114 Å². The van der Waals surface area contributed by atoms with Gasteiger partial charge in [-0.1, -0.05) is 0 Å². The lowest BCUT2D eigenvalue weighted by molar-refractivity contribution is -0.384. The van der Waals surface area contributed by atoms with E-state index in [4.69, 9.17) is 0 Å². The smallest absolute Gasteiger partial charge is 0.293 e. The third-order valence-electron chi connectivity index (χ3n) is 2.18. The summed E-state index contributed by atoms with van der Waals surface area (Å²) in [5.41, 5.74) is 2.36. The Hall–Kier alpha value is -1.54. The van der Waals surface area contributed by atoms with Crippen LogP contribution < -0.4 is 5.32 Å². The Morgan fingerprint density at radius 3 is 2.94 bits per heavy atom. The molecule has 1 N–H and O–H groups in total. The van der Waals surface area contributed by atoms with E-state index in [1.807, 2.05) is 5.38 Å². The second-order valence-electron chi connectivity index (χ2n) is 3.37. The largest absolute Gasteiger partial charge is 0.374 e. The summed E-state index contributed by atoms with van der Waals surface area (Å²) in [6.45, 7) is 0.311. The SMILES string of the molecule is O=[N+]([O-])c1cc(Br)c(F)cc1NCc1cscn1.